The van der Waals surface area contributed by atoms with Crippen LogP contribution in [-0.2, 0) is 11.3 Å². The summed E-state index contributed by atoms with van der Waals surface area (Å²) in [4.78, 5) is 13.7. The number of amides is 1. The minimum Gasteiger partial charge on any atom is -0.340 e. The lowest BCUT2D eigenvalue weighted by Crippen LogP contribution is -2.48. The van der Waals surface area contributed by atoms with Crippen LogP contribution in [0.25, 0.3) is 0 Å². The number of hydrogen-bond donors (Lipinski definition) is 1. The topological polar surface area (TPSA) is 46.3 Å². The van der Waals surface area contributed by atoms with E-state index in [9.17, 15) is 4.79 Å². The minimum absolute atomic E-state index is 0.00120. The SMILES string of the molecule is CN(Cc1ccsc1)C(=O)[C@@H](N)C(C)(C)C. The molecule has 0 bridgehead atoms. The van der Waals surface area contributed by atoms with Gasteiger partial charge in [0.05, 0.1) is 6.04 Å². The van der Waals surface area contributed by atoms with Gasteiger partial charge in [-0.3, -0.25) is 4.79 Å². The Labute approximate surface area is 101 Å². The summed E-state index contributed by atoms with van der Waals surface area (Å²) in [5.41, 5.74) is 6.90. The molecule has 1 rings (SSSR count). The highest BCUT2D eigenvalue weighted by atomic mass is 32.1. The van der Waals surface area contributed by atoms with Crippen molar-refractivity contribution >= 4 is 17.2 Å². The van der Waals surface area contributed by atoms with Crippen LogP contribution >= 0.6 is 11.3 Å². The summed E-state index contributed by atoms with van der Waals surface area (Å²) in [6.45, 7) is 6.57. The summed E-state index contributed by atoms with van der Waals surface area (Å²) >= 11 is 1.64. The van der Waals surface area contributed by atoms with Gasteiger partial charge < -0.3 is 10.6 Å². The Hall–Kier alpha value is -0.870. The third kappa shape index (κ3) is 3.32. The summed E-state index contributed by atoms with van der Waals surface area (Å²) in [5, 5.41) is 4.06. The summed E-state index contributed by atoms with van der Waals surface area (Å²) in [6.07, 6.45) is 0. The van der Waals surface area contributed by atoms with E-state index in [1.807, 2.05) is 37.6 Å². The van der Waals surface area contributed by atoms with Gasteiger partial charge in [0.25, 0.3) is 0 Å². The molecule has 0 aliphatic rings. The zero-order chi connectivity index (χ0) is 12.3. The minimum atomic E-state index is -0.448. The van der Waals surface area contributed by atoms with Gasteiger partial charge in [-0.2, -0.15) is 11.3 Å². The molecule has 0 radical (unpaired) electrons. The zero-order valence-electron chi connectivity index (χ0n) is 10.4. The monoisotopic (exact) mass is 240 g/mol. The van der Waals surface area contributed by atoms with Gasteiger partial charge in [0, 0.05) is 13.6 Å². The number of rotatable bonds is 3. The fraction of sp³-hybridized carbons (Fsp3) is 0.583. The fourth-order valence-electron chi connectivity index (χ4n) is 1.34. The molecule has 0 aliphatic carbocycles. The maximum atomic E-state index is 12.0. The lowest BCUT2D eigenvalue weighted by atomic mass is 9.86. The molecule has 0 unspecified atom stereocenters. The number of hydrogen-bond acceptors (Lipinski definition) is 3. The maximum Gasteiger partial charge on any atom is 0.240 e. The average molecular weight is 240 g/mol. The van der Waals surface area contributed by atoms with E-state index in [-0.39, 0.29) is 11.3 Å². The van der Waals surface area contributed by atoms with Gasteiger partial charge in [0.2, 0.25) is 5.91 Å². The molecule has 1 aromatic heterocycles. The lowest BCUT2D eigenvalue weighted by Gasteiger charge is -2.29. The van der Waals surface area contributed by atoms with Crippen molar-refractivity contribution in [2.24, 2.45) is 11.1 Å². The number of carbonyl (C=O) groups excluding carboxylic acids is 1. The van der Waals surface area contributed by atoms with Gasteiger partial charge in [0.15, 0.2) is 0 Å². The van der Waals surface area contributed by atoms with E-state index in [0.29, 0.717) is 6.54 Å². The largest absolute Gasteiger partial charge is 0.340 e. The quantitative estimate of drug-likeness (QED) is 0.879. The van der Waals surface area contributed by atoms with Gasteiger partial charge in [-0.1, -0.05) is 20.8 Å². The molecule has 90 valence electrons. The second-order valence-electron chi connectivity index (χ2n) is 5.17. The molecule has 1 aromatic rings. The van der Waals surface area contributed by atoms with Crippen LogP contribution in [0.5, 0.6) is 0 Å². The van der Waals surface area contributed by atoms with Gasteiger partial charge in [-0.25, -0.2) is 0 Å². The number of likely N-dealkylation sites (N-methyl/N-ethyl adjacent to an activating group) is 1. The third-order valence-corrected chi connectivity index (χ3v) is 3.31. The van der Waals surface area contributed by atoms with Crippen molar-refractivity contribution in [3.8, 4) is 0 Å². The van der Waals surface area contributed by atoms with Crippen molar-refractivity contribution in [2.45, 2.75) is 33.4 Å². The predicted molar refractivity (Wildman–Crippen MR) is 68.2 cm³/mol. The Morgan fingerprint density at radius 2 is 2.19 bits per heavy atom. The van der Waals surface area contributed by atoms with Crippen LogP contribution < -0.4 is 5.73 Å². The van der Waals surface area contributed by atoms with Crippen molar-refractivity contribution in [3.63, 3.8) is 0 Å². The molecule has 0 fully saturated rings. The molecule has 16 heavy (non-hydrogen) atoms. The van der Waals surface area contributed by atoms with E-state index in [1.165, 1.54) is 0 Å². The Bertz CT molecular complexity index is 340. The first-order valence-corrected chi connectivity index (χ1v) is 6.28. The van der Waals surface area contributed by atoms with Crippen LogP contribution in [-0.4, -0.2) is 23.9 Å². The molecule has 2 N–H and O–H groups in total. The van der Waals surface area contributed by atoms with Crippen molar-refractivity contribution in [1.82, 2.24) is 4.90 Å². The first-order valence-electron chi connectivity index (χ1n) is 5.34. The molecular weight excluding hydrogens is 220 g/mol. The highest BCUT2D eigenvalue weighted by molar-refractivity contribution is 7.07. The molecule has 0 aliphatic heterocycles. The van der Waals surface area contributed by atoms with Crippen LogP contribution in [0.1, 0.15) is 26.3 Å². The summed E-state index contributed by atoms with van der Waals surface area (Å²) in [6, 6.07) is 1.58. The first-order chi connectivity index (χ1) is 7.32. The number of nitrogens with zero attached hydrogens (tertiary/aromatic N) is 1. The molecule has 1 atom stereocenters. The van der Waals surface area contributed by atoms with Gasteiger partial charge in [-0.15, -0.1) is 0 Å². The molecule has 0 aromatic carbocycles. The van der Waals surface area contributed by atoms with E-state index in [1.54, 1.807) is 23.3 Å². The van der Waals surface area contributed by atoms with E-state index in [4.69, 9.17) is 5.73 Å². The van der Waals surface area contributed by atoms with E-state index < -0.39 is 6.04 Å². The van der Waals surface area contributed by atoms with Gasteiger partial charge in [-0.05, 0) is 27.8 Å². The van der Waals surface area contributed by atoms with Crippen molar-refractivity contribution in [2.75, 3.05) is 7.05 Å². The molecule has 1 heterocycles. The second-order valence-corrected chi connectivity index (χ2v) is 5.95. The van der Waals surface area contributed by atoms with Crippen LogP contribution in [0.2, 0.25) is 0 Å². The molecule has 0 saturated heterocycles. The molecule has 4 heteroatoms. The van der Waals surface area contributed by atoms with Crippen molar-refractivity contribution < 1.29 is 4.79 Å². The number of carbonyl (C=O) groups is 1. The summed E-state index contributed by atoms with van der Waals surface area (Å²) in [7, 11) is 1.80. The van der Waals surface area contributed by atoms with Crippen LogP contribution in [0.15, 0.2) is 16.8 Å². The highest BCUT2D eigenvalue weighted by Crippen LogP contribution is 2.19. The Kier molecular flexibility index (Phi) is 4.10. The zero-order valence-corrected chi connectivity index (χ0v) is 11.2. The molecule has 1 amide bonds. The van der Waals surface area contributed by atoms with E-state index >= 15 is 0 Å². The molecular formula is C12H20N2OS. The van der Waals surface area contributed by atoms with Gasteiger partial charge >= 0.3 is 0 Å². The molecule has 3 nitrogen and oxygen atoms in total. The molecule has 0 spiro atoms. The number of thiophene rings is 1. The average Bonchev–Trinajstić information content (AvgIpc) is 2.66. The number of nitrogens with two attached hydrogens (primary N) is 1. The predicted octanol–water partition coefficient (Wildman–Crippen LogP) is 2.08. The van der Waals surface area contributed by atoms with Crippen molar-refractivity contribution in [1.29, 1.82) is 0 Å². The lowest BCUT2D eigenvalue weighted by molar-refractivity contribution is -0.134. The normalized spacial score (nSPS) is 13.6. The Morgan fingerprint density at radius 1 is 1.56 bits per heavy atom. The summed E-state index contributed by atoms with van der Waals surface area (Å²) < 4.78 is 0. The fourth-order valence-corrected chi connectivity index (χ4v) is 2.00. The van der Waals surface area contributed by atoms with E-state index in [2.05, 4.69) is 0 Å². The second kappa shape index (κ2) is 4.97. The Balaban J connectivity index is 2.61. The van der Waals surface area contributed by atoms with Gasteiger partial charge in [0.1, 0.15) is 0 Å². The van der Waals surface area contributed by atoms with Crippen LogP contribution in [0.3, 0.4) is 0 Å². The van der Waals surface area contributed by atoms with Crippen molar-refractivity contribution in [3.05, 3.63) is 22.4 Å². The van der Waals surface area contributed by atoms with Crippen LogP contribution in [0.4, 0.5) is 0 Å². The van der Waals surface area contributed by atoms with E-state index in [0.717, 1.165) is 5.56 Å². The Morgan fingerprint density at radius 3 is 2.62 bits per heavy atom. The highest BCUT2D eigenvalue weighted by Gasteiger charge is 2.29. The first kappa shape index (κ1) is 13.2. The maximum absolute atomic E-state index is 12.0. The molecule has 0 saturated carbocycles. The summed E-state index contributed by atoms with van der Waals surface area (Å²) in [5.74, 6) is -0.00120. The van der Waals surface area contributed by atoms with Crippen LogP contribution in [0, 0.1) is 5.41 Å². The third-order valence-electron chi connectivity index (χ3n) is 2.58. The standard InChI is InChI=1S/C12H20N2OS/c1-12(2,3)10(13)11(15)14(4)7-9-5-6-16-8-9/h5-6,8,10H,7,13H2,1-4H3/t10-/m1/s1. The smallest absolute Gasteiger partial charge is 0.240 e.